The molecule has 0 N–H and O–H groups in total. The minimum Gasteiger partial charge on any atom is -0.494 e. The Bertz CT molecular complexity index is 671. The van der Waals surface area contributed by atoms with Crippen molar-refractivity contribution in [3.05, 3.63) is 71.3 Å². The molecule has 0 aromatic heterocycles. The molecule has 0 amide bonds. The Hall–Kier alpha value is -2.35. The predicted molar refractivity (Wildman–Crippen MR) is 96.1 cm³/mol. The molecule has 120 valence electrons. The lowest BCUT2D eigenvalue weighted by Gasteiger charge is -2.18. The second-order valence-corrected chi connectivity index (χ2v) is 6.53. The molecule has 0 heterocycles. The molecule has 0 fully saturated rings. The summed E-state index contributed by atoms with van der Waals surface area (Å²) in [5, 5.41) is 0. The van der Waals surface area contributed by atoms with Crippen molar-refractivity contribution in [2.24, 2.45) is 0 Å². The lowest BCUT2D eigenvalue weighted by molar-refractivity contribution is 0.104. The molecule has 23 heavy (non-hydrogen) atoms. The largest absolute Gasteiger partial charge is 0.494 e. The van der Waals surface area contributed by atoms with Crippen LogP contribution in [0.15, 0.2) is 54.6 Å². The molecule has 0 bridgehead atoms. The van der Waals surface area contributed by atoms with Crippen LogP contribution in [0.3, 0.4) is 0 Å². The number of hydrogen-bond acceptors (Lipinski definition) is 2. The maximum Gasteiger partial charge on any atom is 0.185 e. The molecule has 0 radical (unpaired) electrons. The van der Waals surface area contributed by atoms with E-state index in [0.29, 0.717) is 12.2 Å². The zero-order chi connectivity index (χ0) is 16.9. The smallest absolute Gasteiger partial charge is 0.185 e. The van der Waals surface area contributed by atoms with Gasteiger partial charge < -0.3 is 4.74 Å². The summed E-state index contributed by atoms with van der Waals surface area (Å²) in [7, 11) is 0. The number of hydrogen-bond donors (Lipinski definition) is 0. The highest BCUT2D eigenvalue weighted by atomic mass is 16.5. The van der Waals surface area contributed by atoms with E-state index < -0.39 is 0 Å². The second kappa shape index (κ2) is 7.28. The molecule has 2 aromatic rings. The topological polar surface area (TPSA) is 26.3 Å². The van der Waals surface area contributed by atoms with Gasteiger partial charge in [0.25, 0.3) is 0 Å². The van der Waals surface area contributed by atoms with E-state index in [0.717, 1.165) is 11.3 Å². The Kier molecular flexibility index (Phi) is 5.38. The van der Waals surface area contributed by atoms with Gasteiger partial charge in [-0.15, -0.1) is 0 Å². The third-order valence-electron chi connectivity index (χ3n) is 3.65. The summed E-state index contributed by atoms with van der Waals surface area (Å²) in [6.45, 7) is 9.12. The first-order chi connectivity index (χ1) is 10.9. The fourth-order valence-electron chi connectivity index (χ4n) is 2.24. The molecule has 2 aromatic carbocycles. The third kappa shape index (κ3) is 4.82. The second-order valence-electron chi connectivity index (χ2n) is 6.53. The van der Waals surface area contributed by atoms with E-state index in [-0.39, 0.29) is 11.2 Å². The fraction of sp³-hybridized carbons (Fsp3) is 0.286. The molecule has 2 nitrogen and oxygen atoms in total. The highest BCUT2D eigenvalue weighted by molar-refractivity contribution is 6.06. The van der Waals surface area contributed by atoms with Gasteiger partial charge in [0.2, 0.25) is 0 Å². The van der Waals surface area contributed by atoms with Crippen molar-refractivity contribution in [3.8, 4) is 5.75 Å². The van der Waals surface area contributed by atoms with Crippen LogP contribution in [0.1, 0.15) is 49.2 Å². The van der Waals surface area contributed by atoms with E-state index in [9.17, 15) is 4.79 Å². The maximum atomic E-state index is 12.2. The van der Waals surface area contributed by atoms with Gasteiger partial charge in [-0.2, -0.15) is 0 Å². The molecule has 0 saturated heterocycles. The maximum absolute atomic E-state index is 12.2. The lowest BCUT2D eigenvalue weighted by Crippen LogP contribution is -2.10. The SMILES string of the molecule is CCOc1ccc(C(=O)/C=C/c2ccc(C(C)(C)C)cc2)cc1. The zero-order valence-corrected chi connectivity index (χ0v) is 14.3. The molecule has 2 heteroatoms. The van der Waals surface area contributed by atoms with Crippen molar-refractivity contribution in [2.45, 2.75) is 33.1 Å². The van der Waals surface area contributed by atoms with Crippen LogP contribution in [-0.4, -0.2) is 12.4 Å². The van der Waals surface area contributed by atoms with Gasteiger partial charge in [0, 0.05) is 5.56 Å². The van der Waals surface area contributed by atoms with Gasteiger partial charge in [-0.05, 0) is 53.8 Å². The Morgan fingerprint density at radius 2 is 1.61 bits per heavy atom. The summed E-state index contributed by atoms with van der Waals surface area (Å²) < 4.78 is 5.38. The molecule has 0 aliphatic carbocycles. The number of ether oxygens (including phenoxy) is 1. The average molecular weight is 308 g/mol. The summed E-state index contributed by atoms with van der Waals surface area (Å²) in [5.74, 6) is 0.777. The van der Waals surface area contributed by atoms with Gasteiger partial charge in [-0.25, -0.2) is 0 Å². The summed E-state index contributed by atoms with van der Waals surface area (Å²) in [6, 6.07) is 15.5. The molecule has 0 spiro atoms. The van der Waals surface area contributed by atoms with E-state index in [2.05, 4.69) is 32.9 Å². The Balaban J connectivity index is 2.05. The van der Waals surface area contributed by atoms with Crippen LogP contribution in [0.5, 0.6) is 5.75 Å². The lowest BCUT2D eigenvalue weighted by atomic mass is 9.87. The molecule has 0 aliphatic heterocycles. The van der Waals surface area contributed by atoms with Crippen LogP contribution in [0.25, 0.3) is 6.08 Å². The van der Waals surface area contributed by atoms with Gasteiger partial charge in [0.15, 0.2) is 5.78 Å². The third-order valence-corrected chi connectivity index (χ3v) is 3.65. The van der Waals surface area contributed by atoms with E-state index in [4.69, 9.17) is 4.74 Å². The van der Waals surface area contributed by atoms with Crippen molar-refractivity contribution < 1.29 is 9.53 Å². The standard InChI is InChI=1S/C21H24O2/c1-5-23-19-13-9-17(10-14-19)20(22)15-8-16-6-11-18(12-7-16)21(2,3)4/h6-15H,5H2,1-4H3/b15-8+. The molecule has 0 atom stereocenters. The number of ketones is 1. The van der Waals surface area contributed by atoms with Crippen LogP contribution in [0.4, 0.5) is 0 Å². The predicted octanol–water partition coefficient (Wildman–Crippen LogP) is 5.28. The van der Waals surface area contributed by atoms with E-state index in [1.165, 1.54) is 5.56 Å². The Labute approximate surface area is 138 Å². The van der Waals surface area contributed by atoms with Crippen molar-refractivity contribution in [3.63, 3.8) is 0 Å². The highest BCUT2D eigenvalue weighted by Crippen LogP contribution is 2.22. The molecular formula is C21H24O2. The zero-order valence-electron chi connectivity index (χ0n) is 14.3. The van der Waals surface area contributed by atoms with Gasteiger partial charge in [-0.1, -0.05) is 51.1 Å². The van der Waals surface area contributed by atoms with Crippen molar-refractivity contribution in [2.75, 3.05) is 6.61 Å². The number of benzene rings is 2. The number of allylic oxidation sites excluding steroid dienone is 1. The minimum absolute atomic E-state index is 0.00653. The Morgan fingerprint density at radius 3 is 2.13 bits per heavy atom. The number of carbonyl (C=O) groups excluding carboxylic acids is 1. The monoisotopic (exact) mass is 308 g/mol. The fourth-order valence-corrected chi connectivity index (χ4v) is 2.24. The minimum atomic E-state index is -0.00653. The van der Waals surface area contributed by atoms with Crippen LogP contribution in [-0.2, 0) is 5.41 Å². The summed E-state index contributed by atoms with van der Waals surface area (Å²) >= 11 is 0. The van der Waals surface area contributed by atoms with Crippen molar-refractivity contribution in [1.29, 1.82) is 0 Å². The summed E-state index contributed by atoms with van der Waals surface area (Å²) in [6.07, 6.45) is 3.47. The molecule has 2 rings (SSSR count). The van der Waals surface area contributed by atoms with E-state index in [1.807, 2.05) is 37.3 Å². The first-order valence-corrected chi connectivity index (χ1v) is 7.96. The van der Waals surface area contributed by atoms with Crippen LogP contribution >= 0.6 is 0 Å². The highest BCUT2D eigenvalue weighted by Gasteiger charge is 2.12. The van der Waals surface area contributed by atoms with Gasteiger partial charge in [0.1, 0.15) is 5.75 Å². The first kappa shape index (κ1) is 17.0. The Morgan fingerprint density at radius 1 is 1.00 bits per heavy atom. The van der Waals surface area contributed by atoms with Crippen LogP contribution in [0, 0.1) is 0 Å². The van der Waals surface area contributed by atoms with Crippen LogP contribution < -0.4 is 4.74 Å². The van der Waals surface area contributed by atoms with Crippen LogP contribution in [0.2, 0.25) is 0 Å². The van der Waals surface area contributed by atoms with Gasteiger partial charge >= 0.3 is 0 Å². The molecular weight excluding hydrogens is 284 g/mol. The summed E-state index contributed by atoms with van der Waals surface area (Å²) in [5.41, 5.74) is 3.11. The molecule has 0 unspecified atom stereocenters. The molecule has 0 saturated carbocycles. The van der Waals surface area contributed by atoms with Crippen molar-refractivity contribution in [1.82, 2.24) is 0 Å². The first-order valence-electron chi connectivity index (χ1n) is 7.96. The normalized spacial score (nSPS) is 11.7. The van der Waals surface area contributed by atoms with Gasteiger partial charge in [0.05, 0.1) is 6.61 Å². The summed E-state index contributed by atoms with van der Waals surface area (Å²) in [4.78, 5) is 12.2. The number of rotatable bonds is 5. The molecule has 0 aliphatic rings. The average Bonchev–Trinajstić information content (AvgIpc) is 2.53. The van der Waals surface area contributed by atoms with E-state index >= 15 is 0 Å². The van der Waals surface area contributed by atoms with Crippen molar-refractivity contribution >= 4 is 11.9 Å². The van der Waals surface area contributed by atoms with Gasteiger partial charge in [-0.3, -0.25) is 4.79 Å². The quantitative estimate of drug-likeness (QED) is 0.555. The number of carbonyl (C=O) groups is 1. The van der Waals surface area contributed by atoms with E-state index in [1.54, 1.807) is 18.2 Å².